The van der Waals surface area contributed by atoms with E-state index in [1.165, 1.54) is 77.9 Å². The van der Waals surface area contributed by atoms with Crippen LogP contribution < -0.4 is 0 Å². The lowest BCUT2D eigenvalue weighted by Crippen LogP contribution is -2.01. The van der Waals surface area contributed by atoms with E-state index in [-0.39, 0.29) is 0 Å². The number of hydrogen-bond donors (Lipinski definition) is 0. The molecule has 0 N–H and O–H groups in total. The standard InChI is InChI=1S/C31H35N/c1-3-4-5-6-7-10-19-28-24-30(26-15-11-8-12-16-26)32(29-22-20-25(2)21-23-29)31(28)27-17-13-9-14-18-27/h8-9,11-18,20-24H,3-7,10,19H2,1-2H3. The van der Waals surface area contributed by atoms with E-state index in [1.54, 1.807) is 0 Å². The Kier molecular flexibility index (Phi) is 7.61. The van der Waals surface area contributed by atoms with E-state index < -0.39 is 0 Å². The molecule has 0 saturated carbocycles. The zero-order valence-electron chi connectivity index (χ0n) is 19.6. The van der Waals surface area contributed by atoms with Crippen LogP contribution in [0.2, 0.25) is 0 Å². The molecule has 0 atom stereocenters. The maximum Gasteiger partial charge on any atom is 0.0566 e. The second kappa shape index (κ2) is 11.0. The molecule has 1 aromatic heterocycles. The summed E-state index contributed by atoms with van der Waals surface area (Å²) in [6.07, 6.45) is 9.05. The van der Waals surface area contributed by atoms with E-state index in [1.807, 2.05) is 0 Å². The van der Waals surface area contributed by atoms with Crippen molar-refractivity contribution in [1.82, 2.24) is 4.57 Å². The molecule has 0 fully saturated rings. The largest absolute Gasteiger partial charge is 0.309 e. The molecule has 0 spiro atoms. The molecule has 32 heavy (non-hydrogen) atoms. The molecule has 0 bridgehead atoms. The topological polar surface area (TPSA) is 4.93 Å². The van der Waals surface area contributed by atoms with Crippen LogP contribution in [0.3, 0.4) is 0 Å². The number of nitrogens with zero attached hydrogens (tertiary/aromatic N) is 1. The molecule has 0 aliphatic rings. The molecule has 0 saturated heterocycles. The van der Waals surface area contributed by atoms with Crippen LogP contribution in [-0.2, 0) is 6.42 Å². The molecule has 0 radical (unpaired) electrons. The Balaban J connectivity index is 1.79. The van der Waals surface area contributed by atoms with Gasteiger partial charge in [0.25, 0.3) is 0 Å². The quantitative estimate of drug-likeness (QED) is 0.225. The van der Waals surface area contributed by atoms with Gasteiger partial charge in [-0.15, -0.1) is 0 Å². The van der Waals surface area contributed by atoms with Crippen LogP contribution >= 0.6 is 0 Å². The van der Waals surface area contributed by atoms with Crippen molar-refractivity contribution < 1.29 is 0 Å². The monoisotopic (exact) mass is 421 g/mol. The van der Waals surface area contributed by atoms with Gasteiger partial charge in [-0.2, -0.15) is 0 Å². The average Bonchev–Trinajstić information content (AvgIpc) is 3.22. The normalized spacial score (nSPS) is 11.1. The van der Waals surface area contributed by atoms with Gasteiger partial charge in [-0.3, -0.25) is 0 Å². The lowest BCUT2D eigenvalue weighted by Gasteiger charge is -2.16. The van der Waals surface area contributed by atoms with Crippen LogP contribution in [0.1, 0.15) is 56.6 Å². The van der Waals surface area contributed by atoms with Gasteiger partial charge in [0.1, 0.15) is 0 Å². The van der Waals surface area contributed by atoms with Crippen molar-refractivity contribution in [2.75, 3.05) is 0 Å². The van der Waals surface area contributed by atoms with Crippen LogP contribution in [0.5, 0.6) is 0 Å². The minimum atomic E-state index is 1.12. The SMILES string of the molecule is CCCCCCCCc1cc(-c2ccccc2)n(-c2ccc(C)cc2)c1-c1ccccc1. The molecule has 1 nitrogen and oxygen atoms in total. The van der Waals surface area contributed by atoms with Crippen molar-refractivity contribution in [2.24, 2.45) is 0 Å². The van der Waals surface area contributed by atoms with Crippen LogP contribution in [0.15, 0.2) is 91.0 Å². The van der Waals surface area contributed by atoms with Crippen molar-refractivity contribution in [1.29, 1.82) is 0 Å². The maximum atomic E-state index is 2.47. The van der Waals surface area contributed by atoms with Gasteiger partial charge in [-0.05, 0) is 54.7 Å². The van der Waals surface area contributed by atoms with Crippen molar-refractivity contribution >= 4 is 0 Å². The summed E-state index contributed by atoms with van der Waals surface area (Å²) in [4.78, 5) is 0. The number of rotatable bonds is 10. The molecule has 1 heterocycles. The first-order valence-corrected chi connectivity index (χ1v) is 12.2. The molecule has 4 aromatic rings. The number of unbranched alkanes of at least 4 members (excludes halogenated alkanes) is 5. The van der Waals surface area contributed by atoms with E-state index in [4.69, 9.17) is 0 Å². The Bertz CT molecular complexity index is 1090. The molecular formula is C31H35N. The highest BCUT2D eigenvalue weighted by molar-refractivity contribution is 5.76. The Morgan fingerprint density at radius 3 is 1.88 bits per heavy atom. The second-order valence-electron chi connectivity index (χ2n) is 8.82. The van der Waals surface area contributed by atoms with Crippen molar-refractivity contribution in [3.05, 3.63) is 102 Å². The van der Waals surface area contributed by atoms with Gasteiger partial charge in [0.2, 0.25) is 0 Å². The van der Waals surface area contributed by atoms with Crippen molar-refractivity contribution in [3.63, 3.8) is 0 Å². The van der Waals surface area contributed by atoms with E-state index in [0.29, 0.717) is 0 Å². The average molecular weight is 422 g/mol. The molecule has 4 rings (SSSR count). The van der Waals surface area contributed by atoms with Crippen molar-refractivity contribution in [2.45, 2.75) is 58.8 Å². The Morgan fingerprint density at radius 1 is 0.625 bits per heavy atom. The van der Waals surface area contributed by atoms with Gasteiger partial charge in [0, 0.05) is 5.69 Å². The molecule has 3 aromatic carbocycles. The van der Waals surface area contributed by atoms with Crippen LogP contribution in [0, 0.1) is 6.92 Å². The predicted octanol–water partition coefficient (Wildman–Crippen LogP) is 9.02. The zero-order chi connectivity index (χ0) is 22.2. The molecule has 0 unspecified atom stereocenters. The number of benzene rings is 3. The Hall–Kier alpha value is -3.06. The Labute approximate surface area is 193 Å². The zero-order valence-corrected chi connectivity index (χ0v) is 19.6. The molecule has 0 aliphatic heterocycles. The first-order valence-electron chi connectivity index (χ1n) is 12.2. The summed E-state index contributed by atoms with van der Waals surface area (Å²) in [7, 11) is 0. The van der Waals surface area contributed by atoms with E-state index >= 15 is 0 Å². The fourth-order valence-electron chi connectivity index (χ4n) is 4.54. The highest BCUT2D eigenvalue weighted by Gasteiger charge is 2.19. The molecule has 1 heteroatoms. The van der Waals surface area contributed by atoms with Crippen LogP contribution in [0.25, 0.3) is 28.2 Å². The molecule has 0 amide bonds. The lowest BCUT2D eigenvalue weighted by atomic mass is 10.0. The predicted molar refractivity (Wildman–Crippen MR) is 138 cm³/mol. The van der Waals surface area contributed by atoms with Gasteiger partial charge in [0.05, 0.1) is 11.4 Å². The smallest absolute Gasteiger partial charge is 0.0566 e. The van der Waals surface area contributed by atoms with Crippen LogP contribution in [-0.4, -0.2) is 4.57 Å². The van der Waals surface area contributed by atoms with Gasteiger partial charge in [0.15, 0.2) is 0 Å². The molecule has 164 valence electrons. The summed E-state index contributed by atoms with van der Waals surface area (Å²) in [6, 6.07) is 33.1. The summed E-state index contributed by atoms with van der Waals surface area (Å²) in [5, 5.41) is 0. The Morgan fingerprint density at radius 2 is 1.22 bits per heavy atom. The number of aryl methyl sites for hydroxylation is 2. The first kappa shape index (κ1) is 22.1. The number of hydrogen-bond acceptors (Lipinski definition) is 0. The van der Waals surface area contributed by atoms with Crippen LogP contribution in [0.4, 0.5) is 0 Å². The third kappa shape index (κ3) is 5.22. The molecular weight excluding hydrogens is 386 g/mol. The van der Waals surface area contributed by atoms with E-state index in [0.717, 1.165) is 6.42 Å². The highest BCUT2D eigenvalue weighted by Crippen LogP contribution is 2.37. The third-order valence-corrected chi connectivity index (χ3v) is 6.29. The third-order valence-electron chi connectivity index (χ3n) is 6.29. The summed E-state index contributed by atoms with van der Waals surface area (Å²) in [5.41, 5.74) is 9.12. The summed E-state index contributed by atoms with van der Waals surface area (Å²) in [6.45, 7) is 4.44. The summed E-state index contributed by atoms with van der Waals surface area (Å²) >= 11 is 0. The lowest BCUT2D eigenvalue weighted by molar-refractivity contribution is 0.608. The maximum absolute atomic E-state index is 2.47. The van der Waals surface area contributed by atoms with Crippen molar-refractivity contribution in [3.8, 4) is 28.2 Å². The van der Waals surface area contributed by atoms with Gasteiger partial charge in [-0.25, -0.2) is 0 Å². The van der Waals surface area contributed by atoms with Gasteiger partial charge >= 0.3 is 0 Å². The second-order valence-corrected chi connectivity index (χ2v) is 8.82. The van der Waals surface area contributed by atoms with E-state index in [2.05, 4.69) is 109 Å². The summed E-state index contributed by atoms with van der Waals surface area (Å²) in [5.74, 6) is 0. The van der Waals surface area contributed by atoms with E-state index in [9.17, 15) is 0 Å². The number of aromatic nitrogens is 1. The highest BCUT2D eigenvalue weighted by atomic mass is 15.0. The summed E-state index contributed by atoms with van der Waals surface area (Å²) < 4.78 is 2.47. The van der Waals surface area contributed by atoms with Gasteiger partial charge < -0.3 is 4.57 Å². The molecule has 0 aliphatic carbocycles. The minimum absolute atomic E-state index is 1.12. The first-order chi connectivity index (χ1) is 15.8. The fraction of sp³-hybridized carbons (Fsp3) is 0.290. The minimum Gasteiger partial charge on any atom is -0.309 e. The fourth-order valence-corrected chi connectivity index (χ4v) is 4.54. The van der Waals surface area contributed by atoms with Gasteiger partial charge in [-0.1, -0.05) is 117 Å².